The highest BCUT2D eigenvalue weighted by atomic mass is 32.1. The molecule has 1 N–H and O–H groups in total. The van der Waals surface area contributed by atoms with Crippen LogP contribution in [0.15, 0.2) is 6.07 Å². The van der Waals surface area contributed by atoms with Gasteiger partial charge in [-0.15, -0.1) is 0 Å². The fraction of sp³-hybridized carbons (Fsp3) is 0.765. The van der Waals surface area contributed by atoms with Gasteiger partial charge in [0.05, 0.1) is 0 Å². The second-order valence-electron chi connectivity index (χ2n) is 7.07. The predicted molar refractivity (Wildman–Crippen MR) is 89.1 cm³/mol. The molecule has 0 spiro atoms. The number of nitrogens with one attached hydrogen (secondary N) is 1. The molecule has 0 bridgehead atoms. The maximum atomic E-state index is 6.22. The minimum absolute atomic E-state index is 0.0311. The zero-order chi connectivity index (χ0) is 15.5. The van der Waals surface area contributed by atoms with Crippen LogP contribution >= 0.6 is 12.2 Å². The molecule has 0 unspecified atom stereocenters. The molecule has 0 aromatic carbocycles. The minimum atomic E-state index is -0.278. The predicted octanol–water partition coefficient (Wildman–Crippen LogP) is 5.02. The van der Waals surface area contributed by atoms with Gasteiger partial charge in [-0.25, -0.2) is 4.98 Å². The summed E-state index contributed by atoms with van der Waals surface area (Å²) in [5.74, 6) is 0.934. The lowest BCUT2D eigenvalue weighted by molar-refractivity contribution is -0.0627. The van der Waals surface area contributed by atoms with Crippen molar-refractivity contribution in [3.05, 3.63) is 22.2 Å². The third-order valence-electron chi connectivity index (χ3n) is 4.31. The maximum Gasteiger partial charge on any atom is 0.140 e. The van der Waals surface area contributed by atoms with Crippen molar-refractivity contribution in [3.8, 4) is 0 Å². The Morgan fingerprint density at radius 2 is 1.86 bits per heavy atom. The summed E-state index contributed by atoms with van der Waals surface area (Å²) >= 11 is 5.41. The second-order valence-corrected chi connectivity index (χ2v) is 7.49. The molecule has 3 nitrogen and oxygen atoms in total. The Morgan fingerprint density at radius 1 is 1.24 bits per heavy atom. The molecule has 4 heteroatoms. The first-order valence-electron chi connectivity index (χ1n) is 8.14. The molecule has 0 atom stereocenters. The van der Waals surface area contributed by atoms with Gasteiger partial charge in [-0.3, -0.25) is 0 Å². The van der Waals surface area contributed by atoms with Gasteiger partial charge in [0.25, 0.3) is 0 Å². The van der Waals surface area contributed by atoms with E-state index in [0.717, 1.165) is 24.4 Å². The standard InChI is InChI=1S/C17H28N2OS/c1-5-20-17(10-8-6-7-9-11-17)15-18-13(16(2,3)4)12-14(21)19-15/h12H,5-11H2,1-4H3,(H,18,19,21). The van der Waals surface area contributed by atoms with E-state index in [0.29, 0.717) is 11.2 Å². The summed E-state index contributed by atoms with van der Waals surface area (Å²) in [5.41, 5.74) is 0.893. The van der Waals surface area contributed by atoms with Crippen molar-refractivity contribution in [1.82, 2.24) is 9.97 Å². The van der Waals surface area contributed by atoms with Gasteiger partial charge < -0.3 is 9.72 Å². The van der Waals surface area contributed by atoms with E-state index >= 15 is 0 Å². The third-order valence-corrected chi connectivity index (χ3v) is 4.52. The molecular weight excluding hydrogens is 280 g/mol. The topological polar surface area (TPSA) is 37.9 Å². The van der Waals surface area contributed by atoms with Crippen molar-refractivity contribution < 1.29 is 4.74 Å². The zero-order valence-electron chi connectivity index (χ0n) is 13.8. The smallest absolute Gasteiger partial charge is 0.140 e. The Bertz CT molecular complexity index is 522. The van der Waals surface area contributed by atoms with Gasteiger partial charge in [0.2, 0.25) is 0 Å². The third kappa shape index (κ3) is 3.92. The molecule has 0 amide bonds. The Hall–Kier alpha value is -0.740. The van der Waals surface area contributed by atoms with Gasteiger partial charge in [0.1, 0.15) is 16.1 Å². The van der Waals surface area contributed by atoms with E-state index in [1.165, 1.54) is 25.7 Å². The first-order chi connectivity index (χ1) is 9.87. The second kappa shape index (κ2) is 6.57. The molecule has 0 aliphatic heterocycles. The summed E-state index contributed by atoms with van der Waals surface area (Å²) in [6.45, 7) is 9.35. The summed E-state index contributed by atoms with van der Waals surface area (Å²) in [6.07, 6.45) is 7.03. The summed E-state index contributed by atoms with van der Waals surface area (Å²) in [6, 6.07) is 1.98. The van der Waals surface area contributed by atoms with Gasteiger partial charge in [-0.2, -0.15) is 0 Å². The van der Waals surface area contributed by atoms with Crippen LogP contribution in [0.3, 0.4) is 0 Å². The normalized spacial score (nSPS) is 19.2. The summed E-state index contributed by atoms with van der Waals surface area (Å²) in [7, 11) is 0. The monoisotopic (exact) mass is 308 g/mol. The van der Waals surface area contributed by atoms with Crippen LogP contribution in [-0.4, -0.2) is 16.6 Å². The Morgan fingerprint density at radius 3 is 2.38 bits per heavy atom. The number of H-pyrrole nitrogens is 1. The Balaban J connectivity index is 2.49. The fourth-order valence-corrected chi connectivity index (χ4v) is 3.31. The van der Waals surface area contributed by atoms with Crippen molar-refractivity contribution >= 4 is 12.2 Å². The molecule has 1 aromatic rings. The van der Waals surface area contributed by atoms with Gasteiger partial charge in [0.15, 0.2) is 0 Å². The number of nitrogens with zero attached hydrogens (tertiary/aromatic N) is 1. The molecule has 1 aromatic heterocycles. The van der Waals surface area contributed by atoms with E-state index in [2.05, 4.69) is 37.7 Å². The Kier molecular flexibility index (Phi) is 5.20. The van der Waals surface area contributed by atoms with Crippen molar-refractivity contribution in [1.29, 1.82) is 0 Å². The van der Waals surface area contributed by atoms with E-state index in [4.69, 9.17) is 17.0 Å². The van der Waals surface area contributed by atoms with Crippen molar-refractivity contribution in [2.45, 2.75) is 77.2 Å². The molecule has 1 fully saturated rings. The largest absolute Gasteiger partial charge is 0.367 e. The summed E-state index contributed by atoms with van der Waals surface area (Å²) in [4.78, 5) is 8.18. The molecule has 118 valence electrons. The van der Waals surface area contributed by atoms with Crippen molar-refractivity contribution in [3.63, 3.8) is 0 Å². The van der Waals surface area contributed by atoms with Gasteiger partial charge in [0, 0.05) is 17.7 Å². The number of aromatic amines is 1. The minimum Gasteiger partial charge on any atom is -0.367 e. The quantitative estimate of drug-likeness (QED) is 0.629. The molecule has 1 heterocycles. The molecule has 1 aliphatic carbocycles. The first kappa shape index (κ1) is 16.6. The van der Waals surface area contributed by atoms with Crippen LogP contribution in [-0.2, 0) is 15.8 Å². The van der Waals surface area contributed by atoms with Crippen LogP contribution in [0, 0.1) is 4.64 Å². The fourth-order valence-electron chi connectivity index (χ4n) is 3.10. The number of aromatic nitrogens is 2. The highest BCUT2D eigenvalue weighted by Crippen LogP contribution is 2.38. The van der Waals surface area contributed by atoms with Crippen LogP contribution in [0.4, 0.5) is 0 Å². The first-order valence-corrected chi connectivity index (χ1v) is 8.54. The SMILES string of the molecule is CCOC1(c2nc(=S)cc(C(C)(C)C)[nH]2)CCCCCC1. The number of ether oxygens (including phenoxy) is 1. The molecule has 1 aliphatic rings. The van der Waals surface area contributed by atoms with Gasteiger partial charge in [-0.05, 0) is 25.8 Å². The zero-order valence-corrected chi connectivity index (χ0v) is 14.6. The van der Waals surface area contributed by atoms with Crippen molar-refractivity contribution in [2.75, 3.05) is 6.61 Å². The van der Waals surface area contributed by atoms with Gasteiger partial charge in [-0.1, -0.05) is 58.7 Å². The van der Waals surface area contributed by atoms with E-state index in [-0.39, 0.29) is 11.0 Å². The molecule has 0 radical (unpaired) electrons. The maximum absolute atomic E-state index is 6.22. The molecule has 21 heavy (non-hydrogen) atoms. The highest BCUT2D eigenvalue weighted by Gasteiger charge is 2.36. The van der Waals surface area contributed by atoms with E-state index in [1.54, 1.807) is 0 Å². The molecule has 0 saturated heterocycles. The average Bonchev–Trinajstić information content (AvgIpc) is 2.64. The lowest BCUT2D eigenvalue weighted by Gasteiger charge is -2.33. The lowest BCUT2D eigenvalue weighted by atomic mass is 9.90. The van der Waals surface area contributed by atoms with Crippen LogP contribution in [0.5, 0.6) is 0 Å². The summed E-state index contributed by atoms with van der Waals surface area (Å²) < 4.78 is 6.88. The number of hydrogen-bond donors (Lipinski definition) is 1. The van der Waals surface area contributed by atoms with Crippen molar-refractivity contribution in [2.24, 2.45) is 0 Å². The highest BCUT2D eigenvalue weighted by molar-refractivity contribution is 7.71. The van der Waals surface area contributed by atoms with Crippen LogP contribution in [0.25, 0.3) is 0 Å². The van der Waals surface area contributed by atoms with Crippen LogP contribution in [0.1, 0.15) is 77.7 Å². The van der Waals surface area contributed by atoms with E-state index in [1.807, 2.05) is 6.07 Å². The van der Waals surface area contributed by atoms with Gasteiger partial charge >= 0.3 is 0 Å². The lowest BCUT2D eigenvalue weighted by Crippen LogP contribution is -2.33. The van der Waals surface area contributed by atoms with Crippen LogP contribution < -0.4 is 0 Å². The number of rotatable bonds is 3. The average molecular weight is 308 g/mol. The Labute approximate surface area is 133 Å². The molecule has 2 rings (SSSR count). The molecule has 1 saturated carbocycles. The summed E-state index contributed by atoms with van der Waals surface area (Å²) in [5, 5.41) is 0. The van der Waals surface area contributed by atoms with Crippen LogP contribution in [0.2, 0.25) is 0 Å². The number of hydrogen-bond acceptors (Lipinski definition) is 3. The van der Waals surface area contributed by atoms with E-state index in [9.17, 15) is 0 Å². The molecular formula is C17H28N2OS. The van der Waals surface area contributed by atoms with E-state index < -0.39 is 0 Å².